The molecule has 1 N–H and O–H groups in total. The van der Waals surface area contributed by atoms with Gasteiger partial charge in [0.1, 0.15) is 22.7 Å². The average Bonchev–Trinajstić information content (AvgIpc) is 3.93. The van der Waals surface area contributed by atoms with Crippen molar-refractivity contribution >= 4 is 33.0 Å². The number of aromatic nitrogens is 3. The molecule has 5 nitrogen and oxygen atoms in total. The number of imidazole rings is 1. The lowest BCUT2D eigenvalue weighted by Crippen LogP contribution is -2.17. The molecule has 0 saturated carbocycles. The van der Waals surface area contributed by atoms with Crippen molar-refractivity contribution in [2.24, 2.45) is 0 Å². The monoisotopic (exact) mass is 869 g/mol. The minimum atomic E-state index is -0.338. The molecule has 0 aliphatic carbocycles. The van der Waals surface area contributed by atoms with Gasteiger partial charge in [0.05, 0.1) is 28.0 Å². The number of furan rings is 1. The molecule has 3 aromatic heterocycles. The van der Waals surface area contributed by atoms with Crippen molar-refractivity contribution in [3.63, 3.8) is 0 Å². The van der Waals surface area contributed by atoms with Gasteiger partial charge in [-0.05, 0) is 86.7 Å². The van der Waals surface area contributed by atoms with Crippen LogP contribution in [0.4, 0.5) is 0 Å². The third kappa shape index (κ3) is 7.37. The standard InChI is InChI=1S/C62H51N3O2/c1-61(2,3)44-37-51(57(66)52(38-44)62(4,5)6)60-64-56-46(27-19-31-55(56)65(60)54-30-17-16-26-45(54)40-22-12-8-13-23-40)43-34-49-48-29-18-28-47(41-24-14-9-15-25-41)58(48)67-59(49)50(35-43)53-36-42(32-33-63-53)39-20-10-7-11-21-39/h7-38,66H,1-6H3. The van der Waals surface area contributed by atoms with Gasteiger partial charge in [-0.2, -0.15) is 0 Å². The normalized spacial score (nSPS) is 12.1. The Labute approximate surface area is 391 Å². The van der Waals surface area contributed by atoms with Gasteiger partial charge in [-0.15, -0.1) is 0 Å². The Hall–Kier alpha value is -8.02. The fourth-order valence-electron chi connectivity index (χ4n) is 9.58. The number of nitrogens with zero attached hydrogens (tertiary/aromatic N) is 3. The topological polar surface area (TPSA) is 64.1 Å². The van der Waals surface area contributed by atoms with E-state index in [1.807, 2.05) is 24.4 Å². The lowest BCUT2D eigenvalue weighted by atomic mass is 9.79. The number of para-hydroxylation sites is 3. The highest BCUT2D eigenvalue weighted by atomic mass is 16.3. The molecule has 0 saturated heterocycles. The quantitative estimate of drug-likeness (QED) is 0.173. The maximum Gasteiger partial charge on any atom is 0.149 e. The second-order valence-corrected chi connectivity index (χ2v) is 19.6. The Bertz CT molecular complexity index is 3650. The van der Waals surface area contributed by atoms with Crippen LogP contribution >= 0.6 is 0 Å². The molecule has 0 bridgehead atoms. The van der Waals surface area contributed by atoms with Gasteiger partial charge in [-0.3, -0.25) is 9.55 Å². The minimum absolute atomic E-state index is 0.197. The van der Waals surface area contributed by atoms with Gasteiger partial charge in [0.15, 0.2) is 0 Å². The van der Waals surface area contributed by atoms with Crippen LogP contribution in [-0.2, 0) is 10.8 Å². The summed E-state index contributed by atoms with van der Waals surface area (Å²) in [5, 5.41) is 14.5. The van der Waals surface area contributed by atoms with Gasteiger partial charge in [0.25, 0.3) is 0 Å². The molecule has 3 heterocycles. The molecule has 11 rings (SSSR count). The SMILES string of the molecule is CC(C)(C)c1cc(-c2nc3c(-c4cc(-c5cc(-c6ccccc6)ccn5)c5oc6c(-c7ccccc7)cccc6c5c4)cccc3n2-c2ccccc2-c2ccccc2)c(O)c(C(C)(C)C)c1. The zero-order chi connectivity index (χ0) is 46.0. The van der Waals surface area contributed by atoms with Crippen molar-refractivity contribution < 1.29 is 9.52 Å². The molecule has 0 atom stereocenters. The van der Waals surface area contributed by atoms with Crippen LogP contribution in [0.1, 0.15) is 52.7 Å². The van der Waals surface area contributed by atoms with E-state index in [1.54, 1.807) is 0 Å². The number of benzene rings is 8. The van der Waals surface area contributed by atoms with Crippen molar-refractivity contribution in [3.05, 3.63) is 205 Å². The van der Waals surface area contributed by atoms with Crippen LogP contribution in [0.15, 0.2) is 199 Å². The molecule has 0 aliphatic rings. The molecular formula is C62H51N3O2. The largest absolute Gasteiger partial charge is 0.507 e. The zero-order valence-corrected chi connectivity index (χ0v) is 38.7. The number of fused-ring (bicyclic) bond motifs is 4. The van der Waals surface area contributed by atoms with E-state index in [0.717, 1.165) is 106 Å². The van der Waals surface area contributed by atoms with Gasteiger partial charge in [0, 0.05) is 44.8 Å². The van der Waals surface area contributed by atoms with Crippen LogP contribution < -0.4 is 0 Å². The van der Waals surface area contributed by atoms with Crippen molar-refractivity contribution in [3.8, 4) is 78.6 Å². The van der Waals surface area contributed by atoms with Crippen LogP contribution in [0.25, 0.3) is 106 Å². The van der Waals surface area contributed by atoms with Gasteiger partial charge in [0.2, 0.25) is 0 Å². The van der Waals surface area contributed by atoms with E-state index in [0.29, 0.717) is 11.4 Å². The Morgan fingerprint density at radius 2 is 1.07 bits per heavy atom. The molecular weight excluding hydrogens is 819 g/mol. The number of aromatic hydroxyl groups is 1. The third-order valence-electron chi connectivity index (χ3n) is 13.1. The molecule has 0 aliphatic heterocycles. The highest BCUT2D eigenvalue weighted by Crippen LogP contribution is 2.47. The van der Waals surface area contributed by atoms with Crippen LogP contribution in [-0.4, -0.2) is 19.6 Å². The molecule has 0 spiro atoms. The van der Waals surface area contributed by atoms with Crippen molar-refractivity contribution in [2.75, 3.05) is 0 Å². The van der Waals surface area contributed by atoms with E-state index >= 15 is 0 Å². The number of pyridine rings is 1. The predicted octanol–water partition coefficient (Wildman–Crippen LogP) is 16.6. The molecule has 67 heavy (non-hydrogen) atoms. The molecule has 5 heteroatoms. The summed E-state index contributed by atoms with van der Waals surface area (Å²) in [5.74, 6) is 0.905. The third-order valence-corrected chi connectivity index (χ3v) is 13.1. The Kier molecular flexibility index (Phi) is 10.0. The Morgan fingerprint density at radius 1 is 0.463 bits per heavy atom. The molecule has 0 fully saturated rings. The Morgan fingerprint density at radius 3 is 1.78 bits per heavy atom. The lowest BCUT2D eigenvalue weighted by Gasteiger charge is -2.27. The van der Waals surface area contributed by atoms with Crippen molar-refractivity contribution in [2.45, 2.75) is 52.4 Å². The van der Waals surface area contributed by atoms with E-state index in [2.05, 4.69) is 216 Å². The first-order valence-electron chi connectivity index (χ1n) is 23.0. The lowest BCUT2D eigenvalue weighted by molar-refractivity contribution is 0.446. The summed E-state index contributed by atoms with van der Waals surface area (Å²) in [7, 11) is 0. The first-order valence-corrected chi connectivity index (χ1v) is 23.0. The van der Waals surface area contributed by atoms with Crippen molar-refractivity contribution in [1.82, 2.24) is 14.5 Å². The van der Waals surface area contributed by atoms with Crippen LogP contribution in [0.5, 0.6) is 5.75 Å². The average molecular weight is 870 g/mol. The van der Waals surface area contributed by atoms with Gasteiger partial charge in [-0.1, -0.05) is 187 Å². The highest BCUT2D eigenvalue weighted by molar-refractivity contribution is 6.15. The first kappa shape index (κ1) is 41.7. The second kappa shape index (κ2) is 16.1. The number of phenols is 1. The summed E-state index contributed by atoms with van der Waals surface area (Å²) in [5.41, 5.74) is 16.5. The summed E-state index contributed by atoms with van der Waals surface area (Å²) in [6.07, 6.45) is 1.89. The summed E-state index contributed by atoms with van der Waals surface area (Å²) in [6, 6.07) is 65.7. The summed E-state index contributed by atoms with van der Waals surface area (Å²) in [6.45, 7) is 13.1. The number of hydrogen-bond acceptors (Lipinski definition) is 4. The van der Waals surface area contributed by atoms with Crippen molar-refractivity contribution in [1.29, 1.82) is 0 Å². The molecule has 0 unspecified atom stereocenters. The van der Waals surface area contributed by atoms with E-state index in [-0.39, 0.29) is 16.6 Å². The second-order valence-electron chi connectivity index (χ2n) is 19.6. The predicted molar refractivity (Wildman–Crippen MR) is 278 cm³/mol. The fraction of sp³-hybridized carbons (Fsp3) is 0.129. The smallest absolute Gasteiger partial charge is 0.149 e. The number of rotatable bonds is 7. The van der Waals surface area contributed by atoms with E-state index in [1.165, 1.54) is 0 Å². The molecule has 0 amide bonds. The highest BCUT2D eigenvalue weighted by Gasteiger charge is 2.29. The number of phenolic OH excluding ortho intramolecular Hbond substituents is 1. The molecule has 326 valence electrons. The molecule has 8 aromatic carbocycles. The van der Waals surface area contributed by atoms with Crippen LogP contribution in [0.2, 0.25) is 0 Å². The van der Waals surface area contributed by atoms with Gasteiger partial charge >= 0.3 is 0 Å². The van der Waals surface area contributed by atoms with E-state index < -0.39 is 0 Å². The Balaban J connectivity index is 1.23. The van der Waals surface area contributed by atoms with Crippen LogP contribution in [0.3, 0.4) is 0 Å². The molecule has 0 radical (unpaired) electrons. The summed E-state index contributed by atoms with van der Waals surface area (Å²) >= 11 is 0. The van der Waals surface area contributed by atoms with E-state index in [9.17, 15) is 5.11 Å². The fourth-order valence-corrected chi connectivity index (χ4v) is 9.58. The first-order chi connectivity index (χ1) is 32.4. The maximum atomic E-state index is 12.5. The van der Waals surface area contributed by atoms with Crippen LogP contribution in [0, 0.1) is 0 Å². The summed E-state index contributed by atoms with van der Waals surface area (Å²) in [4.78, 5) is 10.7. The van der Waals surface area contributed by atoms with E-state index in [4.69, 9.17) is 14.4 Å². The zero-order valence-electron chi connectivity index (χ0n) is 38.7. The molecule has 11 aromatic rings. The van der Waals surface area contributed by atoms with Gasteiger partial charge in [-0.25, -0.2) is 4.98 Å². The number of hydrogen-bond donors (Lipinski definition) is 1. The van der Waals surface area contributed by atoms with Gasteiger partial charge < -0.3 is 9.52 Å². The summed E-state index contributed by atoms with van der Waals surface area (Å²) < 4.78 is 9.29. The maximum absolute atomic E-state index is 12.5. The minimum Gasteiger partial charge on any atom is -0.507 e.